The summed E-state index contributed by atoms with van der Waals surface area (Å²) in [6.45, 7) is 0. The second-order valence-electron chi connectivity index (χ2n) is 14.1. The molecule has 0 amide bonds. The lowest BCUT2D eigenvalue weighted by Gasteiger charge is -2.40. The molecular formula is C50H33N4OP. The highest BCUT2D eigenvalue weighted by Crippen LogP contribution is 2.61. The normalized spacial score (nSPS) is 14.9. The summed E-state index contributed by atoms with van der Waals surface area (Å²) in [7, 11) is -3.31. The van der Waals surface area contributed by atoms with E-state index in [1.807, 2.05) is 109 Å². The Labute approximate surface area is 324 Å². The van der Waals surface area contributed by atoms with E-state index in [0.29, 0.717) is 5.95 Å². The highest BCUT2D eigenvalue weighted by atomic mass is 31.2. The van der Waals surface area contributed by atoms with Crippen LogP contribution in [0.15, 0.2) is 200 Å². The maximum Gasteiger partial charge on any atom is 0.235 e. The first-order chi connectivity index (χ1) is 27.7. The van der Waals surface area contributed by atoms with Crippen molar-refractivity contribution in [3.8, 4) is 39.5 Å². The average molecular weight is 737 g/mol. The van der Waals surface area contributed by atoms with Crippen LogP contribution in [-0.2, 0) is 4.57 Å². The first kappa shape index (κ1) is 32.4. The van der Waals surface area contributed by atoms with Gasteiger partial charge in [-0.15, -0.1) is 0 Å². The lowest BCUT2D eigenvalue weighted by Crippen LogP contribution is -2.33. The lowest BCUT2D eigenvalue weighted by atomic mass is 9.96. The van der Waals surface area contributed by atoms with Gasteiger partial charge in [0.25, 0.3) is 0 Å². The van der Waals surface area contributed by atoms with Crippen LogP contribution in [-0.4, -0.2) is 14.5 Å². The topological polar surface area (TPSA) is 51.0 Å². The zero-order valence-electron chi connectivity index (χ0n) is 30.2. The van der Waals surface area contributed by atoms with Crippen molar-refractivity contribution in [3.63, 3.8) is 0 Å². The largest absolute Gasteiger partial charge is 0.289 e. The minimum atomic E-state index is -3.31. The van der Waals surface area contributed by atoms with Gasteiger partial charge in [-0.25, -0.2) is 9.97 Å². The molecule has 1 aliphatic heterocycles. The zero-order valence-corrected chi connectivity index (χ0v) is 31.1. The number of hydrogen-bond donors (Lipinski definition) is 0. The molecule has 0 saturated carbocycles. The van der Waals surface area contributed by atoms with E-state index in [0.717, 1.165) is 88.2 Å². The Balaban J connectivity index is 1.10. The van der Waals surface area contributed by atoms with Crippen molar-refractivity contribution in [3.05, 3.63) is 200 Å². The summed E-state index contributed by atoms with van der Waals surface area (Å²) in [6, 6.07) is 68.5. The van der Waals surface area contributed by atoms with Crippen LogP contribution in [0.25, 0.3) is 72.2 Å². The summed E-state index contributed by atoms with van der Waals surface area (Å²) in [5.41, 5.74) is 11.0. The third-order valence-electron chi connectivity index (χ3n) is 11.0. The molecule has 2 aromatic heterocycles. The van der Waals surface area contributed by atoms with Crippen LogP contribution >= 0.6 is 7.29 Å². The van der Waals surface area contributed by atoms with Crippen LogP contribution in [0.2, 0.25) is 0 Å². The summed E-state index contributed by atoms with van der Waals surface area (Å²) in [5, 5.41) is 4.91. The van der Waals surface area contributed by atoms with Gasteiger partial charge in [0.15, 0.2) is 0 Å². The van der Waals surface area contributed by atoms with Crippen LogP contribution in [0.4, 0.5) is 11.4 Å². The van der Waals surface area contributed by atoms with Crippen LogP contribution in [0, 0.1) is 0 Å². The van der Waals surface area contributed by atoms with E-state index < -0.39 is 7.29 Å². The number of hydrogen-bond acceptors (Lipinski definition) is 3. The van der Waals surface area contributed by atoms with Gasteiger partial charge in [-0.3, -0.25) is 13.8 Å². The maximum atomic E-state index is 15.8. The predicted molar refractivity (Wildman–Crippen MR) is 232 cm³/mol. The van der Waals surface area contributed by atoms with Crippen LogP contribution in [0.1, 0.15) is 0 Å². The summed E-state index contributed by atoms with van der Waals surface area (Å²) >= 11 is 0. The average Bonchev–Trinajstić information content (AvgIpc) is 3.61. The molecule has 11 rings (SSSR count). The molecule has 264 valence electrons. The Kier molecular flexibility index (Phi) is 7.38. The fourth-order valence-corrected chi connectivity index (χ4v) is 11.5. The second-order valence-corrected chi connectivity index (χ2v) is 16.7. The van der Waals surface area contributed by atoms with Crippen molar-refractivity contribution < 1.29 is 4.57 Å². The second kappa shape index (κ2) is 12.8. The molecule has 1 atom stereocenters. The fraction of sp³-hybridized carbons (Fsp3) is 0. The first-order valence-corrected chi connectivity index (χ1v) is 20.4. The fourth-order valence-electron chi connectivity index (χ4n) is 8.45. The third-order valence-corrected chi connectivity index (χ3v) is 14.0. The van der Waals surface area contributed by atoms with Crippen molar-refractivity contribution in [2.45, 2.75) is 0 Å². The third kappa shape index (κ3) is 4.91. The van der Waals surface area contributed by atoms with Gasteiger partial charge >= 0.3 is 0 Å². The van der Waals surface area contributed by atoms with Gasteiger partial charge in [0.2, 0.25) is 13.2 Å². The predicted octanol–water partition coefficient (Wildman–Crippen LogP) is 12.1. The molecule has 0 fully saturated rings. The minimum absolute atomic E-state index is 0.635. The van der Waals surface area contributed by atoms with Gasteiger partial charge in [0, 0.05) is 43.6 Å². The molecule has 0 spiro atoms. The molecule has 56 heavy (non-hydrogen) atoms. The van der Waals surface area contributed by atoms with Gasteiger partial charge in [-0.1, -0.05) is 133 Å². The number of fused-ring (bicyclic) bond motifs is 7. The Morgan fingerprint density at radius 3 is 1.89 bits per heavy atom. The Bertz CT molecular complexity index is 3180. The number of nitrogens with zero attached hydrogens (tertiary/aromatic N) is 4. The van der Waals surface area contributed by atoms with Crippen molar-refractivity contribution in [1.82, 2.24) is 14.5 Å². The molecule has 0 bridgehead atoms. The van der Waals surface area contributed by atoms with E-state index in [9.17, 15) is 0 Å². The molecule has 6 heteroatoms. The van der Waals surface area contributed by atoms with E-state index in [-0.39, 0.29) is 0 Å². The van der Waals surface area contributed by atoms with E-state index >= 15 is 4.57 Å². The van der Waals surface area contributed by atoms with Crippen LogP contribution < -0.4 is 15.3 Å². The summed E-state index contributed by atoms with van der Waals surface area (Å²) in [5.74, 6) is 0.635. The highest BCUT2D eigenvalue weighted by molar-refractivity contribution is 7.80. The number of aromatic nitrogens is 3. The van der Waals surface area contributed by atoms with E-state index in [1.165, 1.54) is 0 Å². The van der Waals surface area contributed by atoms with Gasteiger partial charge in [0.05, 0.1) is 27.9 Å². The maximum absolute atomic E-state index is 15.8. The van der Waals surface area contributed by atoms with Gasteiger partial charge < -0.3 is 0 Å². The van der Waals surface area contributed by atoms with Crippen molar-refractivity contribution in [1.29, 1.82) is 0 Å². The Morgan fingerprint density at radius 1 is 0.446 bits per heavy atom. The van der Waals surface area contributed by atoms with Crippen LogP contribution in [0.3, 0.4) is 0 Å². The molecule has 0 saturated heterocycles. The van der Waals surface area contributed by atoms with E-state index in [1.54, 1.807) is 0 Å². The molecule has 8 aromatic carbocycles. The first-order valence-electron chi connectivity index (χ1n) is 18.8. The molecule has 1 aliphatic rings. The highest BCUT2D eigenvalue weighted by Gasteiger charge is 2.42. The molecule has 0 N–H and O–H groups in total. The SMILES string of the molecule is O=P1(c2ccccc2)c2ccccc2-c2cc(-c3ccc4c(c3)c3ccccc3n4-c3nc(-c4ccccc4)c4ccccc4n3)ccc2N1c1ccccc1. The number of rotatable bonds is 5. The molecule has 5 nitrogen and oxygen atoms in total. The Morgan fingerprint density at radius 2 is 1.07 bits per heavy atom. The zero-order chi connectivity index (χ0) is 37.2. The lowest BCUT2D eigenvalue weighted by molar-refractivity contribution is 0.587. The Hall–Kier alpha value is -7.07. The molecule has 3 heterocycles. The number of benzene rings is 8. The number of para-hydroxylation sites is 3. The molecule has 0 radical (unpaired) electrons. The summed E-state index contributed by atoms with van der Waals surface area (Å²) in [6.07, 6.45) is 0. The van der Waals surface area contributed by atoms with Gasteiger partial charge in [-0.05, 0) is 83.4 Å². The summed E-state index contributed by atoms with van der Waals surface area (Å²) < 4.78 is 20.1. The summed E-state index contributed by atoms with van der Waals surface area (Å²) in [4.78, 5) is 10.4. The minimum Gasteiger partial charge on any atom is -0.289 e. The number of anilines is 2. The van der Waals surface area contributed by atoms with Gasteiger partial charge in [0.1, 0.15) is 0 Å². The van der Waals surface area contributed by atoms with Crippen molar-refractivity contribution >= 4 is 62.0 Å². The molecular weight excluding hydrogens is 704 g/mol. The smallest absolute Gasteiger partial charge is 0.235 e. The quantitative estimate of drug-likeness (QED) is 0.165. The molecule has 0 aliphatic carbocycles. The van der Waals surface area contributed by atoms with E-state index in [2.05, 4.69) is 100 Å². The monoisotopic (exact) mass is 736 g/mol. The van der Waals surface area contributed by atoms with Gasteiger partial charge in [-0.2, -0.15) is 0 Å². The van der Waals surface area contributed by atoms with Crippen molar-refractivity contribution in [2.24, 2.45) is 0 Å². The van der Waals surface area contributed by atoms with E-state index in [4.69, 9.17) is 9.97 Å². The molecule has 1 unspecified atom stereocenters. The van der Waals surface area contributed by atoms with Crippen molar-refractivity contribution in [2.75, 3.05) is 4.67 Å². The van der Waals surface area contributed by atoms with Crippen LogP contribution in [0.5, 0.6) is 0 Å². The molecule has 10 aromatic rings. The standard InChI is InChI=1S/C50H33N4OP/c55-56(38-20-8-3-9-21-38)48-27-15-12-23-40(48)43-33-36(29-31-47(43)54(56)37-18-6-2-7-19-37)35-28-30-46-42(32-35)39-22-11-14-26-45(39)53(46)50-51-44-25-13-10-24-41(44)49(52-50)34-16-4-1-5-17-34/h1-33H.